The van der Waals surface area contributed by atoms with E-state index in [9.17, 15) is 0 Å². The van der Waals surface area contributed by atoms with Crippen molar-refractivity contribution >= 4 is 31.5 Å². The summed E-state index contributed by atoms with van der Waals surface area (Å²) in [7, 11) is 0. The molecule has 0 fully saturated rings. The Bertz CT molecular complexity index is 2220. The first-order valence-electron chi connectivity index (χ1n) is 14.4. The summed E-state index contributed by atoms with van der Waals surface area (Å²) in [6, 6.07) is 55.4. The molecular weight excluding hydrogens is 541 g/mol. The van der Waals surface area contributed by atoms with Gasteiger partial charge in [0, 0.05) is 36.9 Å². The molecule has 0 spiro atoms. The quantitative estimate of drug-likeness (QED) is 0.207. The lowest BCUT2D eigenvalue weighted by atomic mass is 9.93. The smallest absolute Gasteiger partial charge is 0.160 e. The van der Waals surface area contributed by atoms with Crippen LogP contribution in [0.2, 0.25) is 0 Å². The third kappa shape index (κ3) is 4.70. The van der Waals surface area contributed by atoms with Gasteiger partial charge in [-0.2, -0.15) is 0 Å². The van der Waals surface area contributed by atoms with Crippen molar-refractivity contribution in [2.75, 3.05) is 0 Å². The molecule has 0 saturated heterocycles. The Balaban J connectivity index is 1.32. The van der Waals surface area contributed by atoms with Crippen molar-refractivity contribution in [3.63, 3.8) is 0 Å². The molecular formula is C40H26N2S. The first kappa shape index (κ1) is 25.3. The Kier molecular flexibility index (Phi) is 6.36. The number of fused-ring (bicyclic) bond motifs is 3. The molecule has 0 bridgehead atoms. The summed E-state index contributed by atoms with van der Waals surface area (Å²) in [4.78, 5) is 10.3. The zero-order valence-electron chi connectivity index (χ0n) is 23.3. The minimum absolute atomic E-state index is 0.713. The molecule has 2 heterocycles. The molecule has 0 amide bonds. The molecule has 8 rings (SSSR count). The fourth-order valence-corrected chi connectivity index (χ4v) is 6.99. The van der Waals surface area contributed by atoms with Crippen LogP contribution in [0.3, 0.4) is 0 Å². The van der Waals surface area contributed by atoms with Gasteiger partial charge in [0.25, 0.3) is 0 Å². The molecule has 202 valence electrons. The second-order valence-electron chi connectivity index (χ2n) is 10.6. The maximum atomic E-state index is 5.21. The topological polar surface area (TPSA) is 25.8 Å². The van der Waals surface area contributed by atoms with E-state index in [0.29, 0.717) is 5.82 Å². The second-order valence-corrected chi connectivity index (χ2v) is 11.7. The molecule has 0 aliphatic carbocycles. The van der Waals surface area contributed by atoms with E-state index < -0.39 is 0 Å². The van der Waals surface area contributed by atoms with Gasteiger partial charge in [-0.3, -0.25) is 0 Å². The molecule has 0 radical (unpaired) electrons. The number of hydrogen-bond donors (Lipinski definition) is 0. The number of thiophene rings is 1. The summed E-state index contributed by atoms with van der Waals surface area (Å²) >= 11 is 1.85. The van der Waals surface area contributed by atoms with Gasteiger partial charge >= 0.3 is 0 Å². The van der Waals surface area contributed by atoms with E-state index in [4.69, 9.17) is 9.97 Å². The van der Waals surface area contributed by atoms with Crippen LogP contribution < -0.4 is 0 Å². The lowest BCUT2D eigenvalue weighted by Crippen LogP contribution is -1.97. The van der Waals surface area contributed by atoms with E-state index in [1.807, 2.05) is 23.5 Å². The van der Waals surface area contributed by atoms with E-state index in [1.54, 1.807) is 0 Å². The molecule has 3 heteroatoms. The molecule has 43 heavy (non-hydrogen) atoms. The fraction of sp³-hybridized carbons (Fsp3) is 0. The van der Waals surface area contributed by atoms with Gasteiger partial charge in [0.05, 0.1) is 11.4 Å². The van der Waals surface area contributed by atoms with Gasteiger partial charge in [-0.15, -0.1) is 11.3 Å². The van der Waals surface area contributed by atoms with Crippen LogP contribution >= 0.6 is 11.3 Å². The lowest BCUT2D eigenvalue weighted by Gasteiger charge is -2.14. The highest BCUT2D eigenvalue weighted by molar-refractivity contribution is 7.25. The van der Waals surface area contributed by atoms with Gasteiger partial charge in [-0.05, 0) is 40.5 Å². The van der Waals surface area contributed by atoms with E-state index in [-0.39, 0.29) is 0 Å². The molecule has 0 unspecified atom stereocenters. The summed E-state index contributed by atoms with van der Waals surface area (Å²) in [6.07, 6.45) is 0. The molecule has 2 aromatic heterocycles. The van der Waals surface area contributed by atoms with Gasteiger partial charge in [-0.25, -0.2) is 9.97 Å². The summed E-state index contributed by atoms with van der Waals surface area (Å²) in [5.74, 6) is 0.713. The fourth-order valence-electron chi connectivity index (χ4n) is 5.85. The highest BCUT2D eigenvalue weighted by atomic mass is 32.1. The predicted molar refractivity (Wildman–Crippen MR) is 182 cm³/mol. The minimum Gasteiger partial charge on any atom is -0.228 e. The molecule has 0 aliphatic heterocycles. The third-order valence-electron chi connectivity index (χ3n) is 7.94. The number of nitrogens with zero attached hydrogens (tertiary/aromatic N) is 2. The Hall–Kier alpha value is -5.38. The van der Waals surface area contributed by atoms with Crippen molar-refractivity contribution in [3.8, 4) is 56.2 Å². The van der Waals surface area contributed by atoms with E-state index in [1.165, 1.54) is 42.4 Å². The normalized spacial score (nSPS) is 11.3. The van der Waals surface area contributed by atoms with Crippen LogP contribution in [0.25, 0.3) is 76.3 Å². The Morgan fingerprint density at radius 1 is 0.372 bits per heavy atom. The minimum atomic E-state index is 0.713. The van der Waals surface area contributed by atoms with Gasteiger partial charge in [0.1, 0.15) is 0 Å². The molecule has 0 N–H and O–H groups in total. The van der Waals surface area contributed by atoms with Gasteiger partial charge in [0.2, 0.25) is 0 Å². The predicted octanol–water partition coefficient (Wildman–Crippen LogP) is 11.2. The monoisotopic (exact) mass is 566 g/mol. The Morgan fingerprint density at radius 3 is 1.72 bits per heavy atom. The van der Waals surface area contributed by atoms with Crippen molar-refractivity contribution in [2.24, 2.45) is 0 Å². The van der Waals surface area contributed by atoms with Crippen LogP contribution in [0.1, 0.15) is 0 Å². The summed E-state index contributed by atoms with van der Waals surface area (Å²) < 4.78 is 2.59. The molecule has 6 aromatic carbocycles. The maximum Gasteiger partial charge on any atom is 0.160 e. The van der Waals surface area contributed by atoms with Crippen LogP contribution in [-0.4, -0.2) is 9.97 Å². The van der Waals surface area contributed by atoms with Crippen LogP contribution in [0.4, 0.5) is 0 Å². The molecule has 8 aromatic rings. The number of aromatic nitrogens is 2. The Morgan fingerprint density at radius 2 is 0.930 bits per heavy atom. The second kappa shape index (κ2) is 10.8. The van der Waals surface area contributed by atoms with Crippen LogP contribution in [-0.2, 0) is 0 Å². The van der Waals surface area contributed by atoms with Crippen LogP contribution in [0.5, 0.6) is 0 Å². The number of hydrogen-bond acceptors (Lipinski definition) is 3. The standard InChI is InChI=1S/C40H26N2S/c1-3-12-27(13-4-1)28-22-24-30(25-23-28)40-41-35(29-14-5-2-6-15-29)26-36(42-40)32-17-8-7-16-31(32)33-19-11-21-38-39(33)34-18-9-10-20-37(34)43-38/h1-26H. The third-order valence-corrected chi connectivity index (χ3v) is 9.08. The summed E-state index contributed by atoms with van der Waals surface area (Å²) in [5, 5.41) is 2.59. The van der Waals surface area contributed by atoms with Gasteiger partial charge < -0.3 is 0 Å². The summed E-state index contributed by atoms with van der Waals surface area (Å²) in [6.45, 7) is 0. The number of rotatable bonds is 5. The maximum absolute atomic E-state index is 5.21. The first-order valence-corrected chi connectivity index (χ1v) is 15.2. The van der Waals surface area contributed by atoms with Crippen molar-refractivity contribution < 1.29 is 0 Å². The van der Waals surface area contributed by atoms with Crippen molar-refractivity contribution in [1.29, 1.82) is 0 Å². The number of benzene rings is 6. The first-order chi connectivity index (χ1) is 21.3. The SMILES string of the molecule is c1ccc(-c2ccc(-c3nc(-c4ccccc4)cc(-c4ccccc4-c4cccc5sc6ccccc6c45)n3)cc2)cc1. The van der Waals surface area contributed by atoms with Crippen molar-refractivity contribution in [3.05, 3.63) is 158 Å². The molecule has 2 nitrogen and oxygen atoms in total. The molecule has 0 atom stereocenters. The highest BCUT2D eigenvalue weighted by Gasteiger charge is 2.17. The van der Waals surface area contributed by atoms with Crippen molar-refractivity contribution in [2.45, 2.75) is 0 Å². The van der Waals surface area contributed by atoms with Gasteiger partial charge in [-0.1, -0.05) is 140 Å². The van der Waals surface area contributed by atoms with E-state index >= 15 is 0 Å². The average Bonchev–Trinajstić information content (AvgIpc) is 3.48. The van der Waals surface area contributed by atoms with E-state index in [0.717, 1.165) is 28.1 Å². The van der Waals surface area contributed by atoms with Crippen LogP contribution in [0.15, 0.2) is 158 Å². The van der Waals surface area contributed by atoms with Gasteiger partial charge in [0.15, 0.2) is 5.82 Å². The molecule has 0 saturated carbocycles. The average molecular weight is 567 g/mol. The molecule has 0 aliphatic rings. The van der Waals surface area contributed by atoms with Crippen LogP contribution in [0, 0.1) is 0 Å². The van der Waals surface area contributed by atoms with E-state index in [2.05, 4.69) is 146 Å². The highest BCUT2D eigenvalue weighted by Crippen LogP contribution is 2.43. The zero-order chi connectivity index (χ0) is 28.6. The summed E-state index contributed by atoms with van der Waals surface area (Å²) in [5.41, 5.74) is 9.71. The zero-order valence-corrected chi connectivity index (χ0v) is 24.1. The Labute approximate surface area is 254 Å². The largest absolute Gasteiger partial charge is 0.228 e. The van der Waals surface area contributed by atoms with Crippen molar-refractivity contribution in [1.82, 2.24) is 9.97 Å². The lowest BCUT2D eigenvalue weighted by molar-refractivity contribution is 1.18.